The second-order valence-electron chi connectivity index (χ2n) is 4.56. The third-order valence-corrected chi connectivity index (χ3v) is 3.10. The van der Waals surface area contributed by atoms with E-state index >= 15 is 0 Å². The van der Waals surface area contributed by atoms with Gasteiger partial charge in [0, 0.05) is 19.0 Å². The van der Waals surface area contributed by atoms with E-state index in [1.165, 1.54) is 0 Å². The molecule has 0 saturated carbocycles. The maximum absolute atomic E-state index is 11.7. The molecule has 0 aliphatic carbocycles. The van der Waals surface area contributed by atoms with Crippen LogP contribution in [-0.2, 0) is 4.79 Å². The van der Waals surface area contributed by atoms with Crippen molar-refractivity contribution >= 4 is 17.4 Å². The quantitative estimate of drug-likeness (QED) is 0.628. The summed E-state index contributed by atoms with van der Waals surface area (Å²) in [7, 11) is 0. The molecule has 5 heteroatoms. The molecular weight excluding hydrogens is 240 g/mol. The van der Waals surface area contributed by atoms with Gasteiger partial charge in [-0.05, 0) is 31.4 Å². The second kappa shape index (κ2) is 8.34. The fourth-order valence-electron chi connectivity index (χ4n) is 1.83. The number of aromatic nitrogens is 1. The number of hydrogen-bond acceptors (Lipinski definition) is 4. The number of nitrogen functional groups attached to an aromatic ring is 1. The standard InChI is InChI=1S/C14H24N4O/c1-3-11(4-2)14(19)17-9-5-8-16-13-7-6-12(15)10-18-13/h6-7,10-11H,3-5,8-9,15H2,1-2H3,(H,16,18)(H,17,19). The highest BCUT2D eigenvalue weighted by Gasteiger charge is 2.12. The molecule has 0 saturated heterocycles. The number of nitrogens with one attached hydrogen (secondary N) is 2. The van der Waals surface area contributed by atoms with E-state index in [0.29, 0.717) is 12.2 Å². The number of carbonyl (C=O) groups excluding carboxylic acids is 1. The van der Waals surface area contributed by atoms with Gasteiger partial charge in [0.1, 0.15) is 5.82 Å². The largest absolute Gasteiger partial charge is 0.397 e. The lowest BCUT2D eigenvalue weighted by atomic mass is 10.0. The lowest BCUT2D eigenvalue weighted by Gasteiger charge is -2.12. The van der Waals surface area contributed by atoms with E-state index in [2.05, 4.69) is 15.6 Å². The third kappa shape index (κ3) is 5.59. The van der Waals surface area contributed by atoms with Gasteiger partial charge in [0.15, 0.2) is 0 Å². The van der Waals surface area contributed by atoms with E-state index in [1.54, 1.807) is 6.20 Å². The van der Waals surface area contributed by atoms with Crippen molar-refractivity contribution in [1.29, 1.82) is 0 Å². The molecule has 0 aliphatic rings. The monoisotopic (exact) mass is 264 g/mol. The smallest absolute Gasteiger partial charge is 0.223 e. The van der Waals surface area contributed by atoms with E-state index in [9.17, 15) is 4.79 Å². The highest BCUT2D eigenvalue weighted by molar-refractivity contribution is 5.78. The van der Waals surface area contributed by atoms with E-state index in [4.69, 9.17) is 5.73 Å². The lowest BCUT2D eigenvalue weighted by molar-refractivity contribution is -0.125. The topological polar surface area (TPSA) is 80.0 Å². The van der Waals surface area contributed by atoms with Crippen LogP contribution in [0.3, 0.4) is 0 Å². The van der Waals surface area contributed by atoms with Gasteiger partial charge >= 0.3 is 0 Å². The van der Waals surface area contributed by atoms with Gasteiger partial charge in [-0.3, -0.25) is 4.79 Å². The average molecular weight is 264 g/mol. The average Bonchev–Trinajstić information content (AvgIpc) is 2.42. The van der Waals surface area contributed by atoms with Crippen LogP contribution in [0, 0.1) is 5.92 Å². The molecular formula is C14H24N4O. The molecule has 1 aromatic rings. The van der Waals surface area contributed by atoms with Crippen LogP contribution in [0.15, 0.2) is 18.3 Å². The van der Waals surface area contributed by atoms with Gasteiger partial charge in [0.2, 0.25) is 5.91 Å². The van der Waals surface area contributed by atoms with Crippen molar-refractivity contribution in [3.63, 3.8) is 0 Å². The number of nitrogens with zero attached hydrogens (tertiary/aromatic N) is 1. The van der Waals surface area contributed by atoms with Gasteiger partial charge < -0.3 is 16.4 Å². The highest BCUT2D eigenvalue weighted by atomic mass is 16.1. The van der Waals surface area contributed by atoms with E-state index in [1.807, 2.05) is 26.0 Å². The molecule has 0 spiro atoms. The van der Waals surface area contributed by atoms with Crippen LogP contribution in [0.2, 0.25) is 0 Å². The Morgan fingerprint density at radius 2 is 2.05 bits per heavy atom. The lowest BCUT2D eigenvalue weighted by Crippen LogP contribution is -2.31. The van der Waals surface area contributed by atoms with Crippen molar-refractivity contribution in [3.8, 4) is 0 Å². The minimum atomic E-state index is 0.145. The predicted octanol–water partition coefficient (Wildman–Crippen LogP) is 2.02. The number of hydrogen-bond donors (Lipinski definition) is 3. The second-order valence-corrected chi connectivity index (χ2v) is 4.56. The molecule has 106 valence electrons. The third-order valence-electron chi connectivity index (χ3n) is 3.10. The maximum Gasteiger partial charge on any atom is 0.223 e. The molecule has 0 unspecified atom stereocenters. The van der Waals surface area contributed by atoms with Gasteiger partial charge in [-0.1, -0.05) is 13.8 Å². The molecule has 0 aliphatic heterocycles. The summed E-state index contributed by atoms with van der Waals surface area (Å²) in [6.07, 6.45) is 4.29. The number of anilines is 2. The molecule has 1 heterocycles. The molecule has 4 N–H and O–H groups in total. The van der Waals surface area contributed by atoms with Crippen LogP contribution in [0.5, 0.6) is 0 Å². The molecule has 1 aromatic heterocycles. The van der Waals surface area contributed by atoms with Crippen LogP contribution in [0.1, 0.15) is 33.1 Å². The Balaban J connectivity index is 2.14. The van der Waals surface area contributed by atoms with Crippen LogP contribution in [0.4, 0.5) is 11.5 Å². The van der Waals surface area contributed by atoms with E-state index < -0.39 is 0 Å². The molecule has 0 bridgehead atoms. The van der Waals surface area contributed by atoms with Crippen molar-refractivity contribution in [3.05, 3.63) is 18.3 Å². The van der Waals surface area contributed by atoms with Crippen molar-refractivity contribution < 1.29 is 4.79 Å². The molecule has 0 fully saturated rings. The number of pyridine rings is 1. The van der Waals surface area contributed by atoms with Crippen molar-refractivity contribution in [2.24, 2.45) is 5.92 Å². The number of carbonyl (C=O) groups is 1. The summed E-state index contributed by atoms with van der Waals surface area (Å²) in [5.74, 6) is 1.11. The number of nitrogens with two attached hydrogens (primary N) is 1. The van der Waals surface area contributed by atoms with E-state index in [0.717, 1.165) is 31.6 Å². The van der Waals surface area contributed by atoms with E-state index in [-0.39, 0.29) is 11.8 Å². The summed E-state index contributed by atoms with van der Waals surface area (Å²) < 4.78 is 0. The zero-order chi connectivity index (χ0) is 14.1. The molecule has 0 radical (unpaired) electrons. The minimum absolute atomic E-state index is 0.145. The van der Waals surface area contributed by atoms with Crippen LogP contribution in [-0.4, -0.2) is 24.0 Å². The summed E-state index contributed by atoms with van der Waals surface area (Å²) in [5, 5.41) is 6.15. The zero-order valence-electron chi connectivity index (χ0n) is 11.8. The zero-order valence-corrected chi connectivity index (χ0v) is 11.8. The van der Waals surface area contributed by atoms with Gasteiger partial charge in [-0.2, -0.15) is 0 Å². The minimum Gasteiger partial charge on any atom is -0.397 e. The Bertz CT molecular complexity index is 374. The molecule has 5 nitrogen and oxygen atoms in total. The van der Waals surface area contributed by atoms with Gasteiger partial charge in [-0.25, -0.2) is 4.98 Å². The SMILES string of the molecule is CCC(CC)C(=O)NCCCNc1ccc(N)cn1. The molecule has 0 atom stereocenters. The predicted molar refractivity (Wildman–Crippen MR) is 78.8 cm³/mol. The Morgan fingerprint density at radius 1 is 1.32 bits per heavy atom. The highest BCUT2D eigenvalue weighted by Crippen LogP contribution is 2.07. The number of amides is 1. The summed E-state index contributed by atoms with van der Waals surface area (Å²) >= 11 is 0. The summed E-state index contributed by atoms with van der Waals surface area (Å²) in [5.41, 5.74) is 6.21. The van der Waals surface area contributed by atoms with Gasteiger partial charge in [0.25, 0.3) is 0 Å². The Kier molecular flexibility index (Phi) is 6.71. The van der Waals surface area contributed by atoms with Crippen LogP contribution in [0.25, 0.3) is 0 Å². The first-order valence-corrected chi connectivity index (χ1v) is 6.90. The first-order chi connectivity index (χ1) is 9.17. The normalized spacial score (nSPS) is 10.5. The maximum atomic E-state index is 11.7. The molecule has 19 heavy (non-hydrogen) atoms. The van der Waals surface area contributed by atoms with Crippen molar-refractivity contribution in [2.45, 2.75) is 33.1 Å². The van der Waals surface area contributed by atoms with Crippen molar-refractivity contribution in [1.82, 2.24) is 10.3 Å². The van der Waals surface area contributed by atoms with Gasteiger partial charge in [0.05, 0.1) is 11.9 Å². The Hall–Kier alpha value is -1.78. The van der Waals surface area contributed by atoms with Crippen LogP contribution >= 0.6 is 0 Å². The Morgan fingerprint density at radius 3 is 2.63 bits per heavy atom. The summed E-state index contributed by atoms with van der Waals surface area (Å²) in [4.78, 5) is 15.9. The van der Waals surface area contributed by atoms with Crippen molar-refractivity contribution in [2.75, 3.05) is 24.1 Å². The fourth-order valence-corrected chi connectivity index (χ4v) is 1.83. The van der Waals surface area contributed by atoms with Gasteiger partial charge in [-0.15, -0.1) is 0 Å². The molecule has 1 amide bonds. The Labute approximate surface area is 115 Å². The first kappa shape index (κ1) is 15.3. The summed E-state index contributed by atoms with van der Waals surface area (Å²) in [6, 6.07) is 3.66. The molecule has 0 aromatic carbocycles. The van der Waals surface area contributed by atoms with Crippen LogP contribution < -0.4 is 16.4 Å². The summed E-state index contributed by atoms with van der Waals surface area (Å²) in [6.45, 7) is 5.56. The fraction of sp³-hybridized carbons (Fsp3) is 0.571. The molecule has 1 rings (SSSR count). The number of rotatable bonds is 8. The first-order valence-electron chi connectivity index (χ1n) is 6.90.